The number of para-hydroxylation sites is 1. The lowest BCUT2D eigenvalue weighted by molar-refractivity contribution is -0.134. The number of aryl methyl sites for hydroxylation is 1. The summed E-state index contributed by atoms with van der Waals surface area (Å²) in [7, 11) is 0. The summed E-state index contributed by atoms with van der Waals surface area (Å²) in [6, 6.07) is 16.4. The van der Waals surface area contributed by atoms with Crippen LogP contribution in [0.4, 0.5) is 5.69 Å². The van der Waals surface area contributed by atoms with Crippen molar-refractivity contribution in [1.82, 2.24) is 9.62 Å². The summed E-state index contributed by atoms with van der Waals surface area (Å²) in [4.78, 5) is 15.6. The first-order chi connectivity index (χ1) is 16.4. The van der Waals surface area contributed by atoms with Crippen molar-refractivity contribution in [2.75, 3.05) is 18.4 Å². The zero-order valence-electron chi connectivity index (χ0n) is 19.7. The Morgan fingerprint density at radius 3 is 2.50 bits per heavy atom. The molecule has 1 aliphatic heterocycles. The highest BCUT2D eigenvalue weighted by Gasteiger charge is 2.32. The highest BCUT2D eigenvalue weighted by molar-refractivity contribution is 7.94. The molecule has 1 heterocycles. The Bertz CT molecular complexity index is 993. The largest absolute Gasteiger partial charge is 0.593 e. The second-order valence-corrected chi connectivity index (χ2v) is 10.3. The molecule has 0 aliphatic carbocycles. The second kappa shape index (κ2) is 13.0. The maximum Gasteiger partial charge on any atom is 0.244 e. The molecule has 2 aromatic carbocycles. The maximum atomic E-state index is 13.4. The van der Waals surface area contributed by atoms with E-state index in [1.165, 1.54) is 0 Å². The van der Waals surface area contributed by atoms with Gasteiger partial charge in [0.2, 0.25) is 10.8 Å². The van der Waals surface area contributed by atoms with Crippen molar-refractivity contribution in [2.45, 2.75) is 45.6 Å². The van der Waals surface area contributed by atoms with Crippen molar-refractivity contribution in [3.8, 4) is 0 Å². The third-order valence-electron chi connectivity index (χ3n) is 6.11. The molecule has 3 rings (SSSR count). The number of hydrogen-bond acceptors (Lipinski definition) is 5. The molecular formula is C26H33ClN4O2S. The van der Waals surface area contributed by atoms with Crippen LogP contribution in [0, 0.1) is 11.3 Å². The lowest BCUT2D eigenvalue weighted by Gasteiger charge is -2.33. The molecule has 1 aliphatic rings. The Kier molecular flexibility index (Phi) is 10.0. The van der Waals surface area contributed by atoms with Gasteiger partial charge in [-0.3, -0.25) is 4.79 Å². The molecule has 1 fully saturated rings. The van der Waals surface area contributed by atoms with Crippen molar-refractivity contribution in [2.24, 2.45) is 5.92 Å². The van der Waals surface area contributed by atoms with Gasteiger partial charge < -0.3 is 20.2 Å². The predicted molar refractivity (Wildman–Crippen MR) is 141 cm³/mol. The number of nitrogens with zero attached hydrogens (tertiary/aromatic N) is 1. The molecule has 1 saturated heterocycles. The van der Waals surface area contributed by atoms with Gasteiger partial charge in [0.25, 0.3) is 0 Å². The van der Waals surface area contributed by atoms with E-state index in [1.807, 2.05) is 59.5 Å². The number of amides is 1. The normalized spacial score (nSPS) is 17.0. The molecule has 2 unspecified atom stereocenters. The van der Waals surface area contributed by atoms with Crippen LogP contribution in [0.25, 0.3) is 0 Å². The van der Waals surface area contributed by atoms with Gasteiger partial charge in [0.15, 0.2) is 0 Å². The summed E-state index contributed by atoms with van der Waals surface area (Å²) < 4.78 is 16.3. The molecule has 0 radical (unpaired) electrons. The molecule has 2 aromatic rings. The summed E-state index contributed by atoms with van der Waals surface area (Å²) in [5.41, 5.74) is 2.38. The van der Waals surface area contributed by atoms with Crippen LogP contribution < -0.4 is 10.0 Å². The molecule has 0 bridgehead atoms. The molecule has 34 heavy (non-hydrogen) atoms. The number of likely N-dealkylation sites (tertiary alicyclic amines) is 1. The van der Waals surface area contributed by atoms with E-state index in [0.717, 1.165) is 30.3 Å². The topological polar surface area (TPSA) is 91.3 Å². The second-order valence-electron chi connectivity index (χ2n) is 8.70. The average Bonchev–Trinajstić information content (AvgIpc) is 2.83. The van der Waals surface area contributed by atoms with Crippen molar-refractivity contribution in [1.29, 1.82) is 5.41 Å². The quantitative estimate of drug-likeness (QED) is 0.311. The van der Waals surface area contributed by atoms with Gasteiger partial charge in [-0.2, -0.15) is 0 Å². The fourth-order valence-electron chi connectivity index (χ4n) is 3.98. The van der Waals surface area contributed by atoms with Gasteiger partial charge in [-0.05, 0) is 62.3 Å². The highest BCUT2D eigenvalue weighted by atomic mass is 35.5. The van der Waals surface area contributed by atoms with E-state index in [4.69, 9.17) is 17.0 Å². The number of benzene rings is 2. The minimum absolute atomic E-state index is 0.0506. The van der Waals surface area contributed by atoms with Gasteiger partial charge >= 0.3 is 0 Å². The van der Waals surface area contributed by atoms with E-state index < -0.39 is 17.4 Å². The number of nitrogens with one attached hydrogen (secondary N) is 3. The van der Waals surface area contributed by atoms with Gasteiger partial charge in [-0.25, -0.2) is 0 Å². The Hall–Kier alpha value is -2.32. The van der Waals surface area contributed by atoms with Crippen LogP contribution in [-0.4, -0.2) is 40.7 Å². The number of anilines is 1. The summed E-state index contributed by atoms with van der Waals surface area (Å²) in [6.45, 7) is 5.39. The van der Waals surface area contributed by atoms with Crippen LogP contribution in [0.2, 0.25) is 5.02 Å². The Morgan fingerprint density at radius 1 is 1.21 bits per heavy atom. The number of allylic oxidation sites excluding steroid dienone is 2. The van der Waals surface area contributed by atoms with Crippen molar-refractivity contribution < 1.29 is 9.35 Å². The van der Waals surface area contributed by atoms with E-state index in [1.54, 1.807) is 6.92 Å². The number of carbonyl (C=O) groups excluding carboxylic acids is 1. The van der Waals surface area contributed by atoms with E-state index in [9.17, 15) is 9.35 Å². The predicted octanol–water partition coefficient (Wildman–Crippen LogP) is 5.15. The molecule has 0 spiro atoms. The van der Waals surface area contributed by atoms with Gasteiger partial charge in [0.05, 0.1) is 23.3 Å². The lowest BCUT2D eigenvalue weighted by Crippen LogP contribution is -2.51. The first-order valence-corrected chi connectivity index (χ1v) is 13.2. The van der Waals surface area contributed by atoms with Gasteiger partial charge in [0, 0.05) is 23.8 Å². The summed E-state index contributed by atoms with van der Waals surface area (Å²) in [5, 5.41) is 11.7. The molecule has 3 N–H and O–H groups in total. The molecule has 1 amide bonds. The number of halogens is 1. The smallest absolute Gasteiger partial charge is 0.244 e. The fourth-order valence-corrected chi connectivity index (χ4v) is 5.25. The van der Waals surface area contributed by atoms with Gasteiger partial charge in [-0.1, -0.05) is 54.9 Å². The number of carbonyl (C=O) groups is 1. The monoisotopic (exact) mass is 500 g/mol. The standard InChI is InChI=1S/C26H33ClN4O2S/c1-19-14-16-31(17-15-19)26(32)24(13-12-21-8-6-7-11-23(21)27)30-34(33)25(18-28)20(2)29-22-9-4-3-5-10-22/h3-11,18-19,24,28-30H,12-17H2,1-2H3/b25-20+,28-18?. The minimum atomic E-state index is -1.74. The minimum Gasteiger partial charge on any atom is -0.593 e. The van der Waals surface area contributed by atoms with Gasteiger partial charge in [0.1, 0.15) is 6.04 Å². The van der Waals surface area contributed by atoms with Crippen LogP contribution in [0.3, 0.4) is 0 Å². The maximum absolute atomic E-state index is 13.4. The zero-order valence-corrected chi connectivity index (χ0v) is 21.3. The molecule has 6 nitrogen and oxygen atoms in total. The van der Waals surface area contributed by atoms with Gasteiger partial charge in [-0.15, -0.1) is 4.72 Å². The van der Waals surface area contributed by atoms with Crippen LogP contribution in [0.5, 0.6) is 0 Å². The average molecular weight is 501 g/mol. The van der Waals surface area contributed by atoms with Crippen molar-refractivity contribution >= 4 is 40.8 Å². The summed E-state index contributed by atoms with van der Waals surface area (Å²) in [5.74, 6) is 0.553. The summed E-state index contributed by atoms with van der Waals surface area (Å²) >= 11 is 4.58. The number of rotatable bonds is 10. The zero-order chi connectivity index (χ0) is 24.5. The first-order valence-electron chi connectivity index (χ1n) is 11.6. The Morgan fingerprint density at radius 2 is 1.85 bits per heavy atom. The van der Waals surface area contributed by atoms with E-state index in [-0.39, 0.29) is 5.91 Å². The number of hydrogen-bond donors (Lipinski definition) is 3. The number of piperidine rings is 1. The van der Waals surface area contributed by atoms with Crippen LogP contribution >= 0.6 is 11.6 Å². The van der Waals surface area contributed by atoms with Crippen LogP contribution in [-0.2, 0) is 22.6 Å². The molecule has 2 atom stereocenters. The van der Waals surface area contributed by atoms with Crippen LogP contribution in [0.1, 0.15) is 38.7 Å². The van der Waals surface area contributed by atoms with E-state index in [2.05, 4.69) is 17.0 Å². The highest BCUT2D eigenvalue weighted by Crippen LogP contribution is 2.22. The molecule has 0 aromatic heterocycles. The first kappa shape index (κ1) is 26.3. The molecule has 0 saturated carbocycles. The fraction of sp³-hybridized carbons (Fsp3) is 0.385. The Labute approximate surface area is 210 Å². The molecule has 8 heteroatoms. The SMILES string of the molecule is C/C(Nc1ccccc1)=C(/C=N)[S+]([O-])NC(CCc1ccccc1Cl)C(=O)N1CCC(C)CC1. The van der Waals surface area contributed by atoms with Crippen LogP contribution in [0.15, 0.2) is 65.2 Å². The summed E-state index contributed by atoms with van der Waals surface area (Å²) in [6.07, 6.45) is 4.05. The van der Waals surface area contributed by atoms with Crippen molar-refractivity contribution in [3.05, 3.63) is 75.8 Å². The lowest BCUT2D eigenvalue weighted by atomic mass is 9.98. The third-order valence-corrected chi connectivity index (χ3v) is 7.80. The third kappa shape index (κ3) is 7.34. The molecule has 182 valence electrons. The van der Waals surface area contributed by atoms with E-state index in [0.29, 0.717) is 47.5 Å². The Balaban J connectivity index is 1.76. The van der Waals surface area contributed by atoms with E-state index >= 15 is 0 Å². The molecular weight excluding hydrogens is 468 g/mol. The van der Waals surface area contributed by atoms with Crippen molar-refractivity contribution in [3.63, 3.8) is 0 Å².